The van der Waals surface area contributed by atoms with Crippen molar-refractivity contribution in [2.24, 2.45) is 5.73 Å². The molecule has 1 aromatic carbocycles. The van der Waals surface area contributed by atoms with Crippen LogP contribution in [-0.2, 0) is 15.7 Å². The Morgan fingerprint density at radius 3 is 2.41 bits per heavy atom. The van der Waals surface area contributed by atoms with E-state index in [2.05, 4.69) is 10.6 Å². The molecule has 0 aliphatic carbocycles. The molecule has 2 amide bonds. The number of carbonyl (C=O) groups excluding carboxylic acids is 2. The second-order valence-electron chi connectivity index (χ2n) is 7.05. The number of carbonyl (C=O) groups is 2. The largest absolute Gasteiger partial charge is 0.444 e. The zero-order valence-corrected chi connectivity index (χ0v) is 15.7. The lowest BCUT2D eigenvalue weighted by Crippen LogP contribution is -2.45. The molecule has 9 heteroatoms. The van der Waals surface area contributed by atoms with E-state index >= 15 is 0 Å². The van der Waals surface area contributed by atoms with E-state index in [1.165, 1.54) is 12.1 Å². The number of halogens is 3. The van der Waals surface area contributed by atoms with Gasteiger partial charge in [-0.05, 0) is 64.8 Å². The molecule has 0 saturated heterocycles. The number of ether oxygens (including phenoxy) is 1. The second kappa shape index (κ2) is 9.59. The SMILES string of the molecule is CC(C)(C)OC(=O)N[C@@H](CCCCN)C(=O)Nc1cccc(C(F)(F)F)c1. The number of hydrogen-bond acceptors (Lipinski definition) is 4. The molecular formula is C18H26F3N3O3. The van der Waals surface area contributed by atoms with Crippen LogP contribution in [0, 0.1) is 0 Å². The summed E-state index contributed by atoms with van der Waals surface area (Å²) in [6.45, 7) is 5.46. The summed E-state index contributed by atoms with van der Waals surface area (Å²) < 4.78 is 43.5. The number of hydrogen-bond donors (Lipinski definition) is 3. The molecule has 1 rings (SSSR count). The van der Waals surface area contributed by atoms with Crippen LogP contribution in [0.5, 0.6) is 0 Å². The van der Waals surface area contributed by atoms with E-state index in [1.807, 2.05) is 0 Å². The number of alkyl halides is 3. The zero-order valence-electron chi connectivity index (χ0n) is 15.7. The van der Waals surface area contributed by atoms with Gasteiger partial charge in [-0.25, -0.2) is 4.79 Å². The highest BCUT2D eigenvalue weighted by molar-refractivity contribution is 5.96. The Bertz CT molecular complexity index is 643. The molecule has 0 bridgehead atoms. The lowest BCUT2D eigenvalue weighted by atomic mass is 10.1. The quantitative estimate of drug-likeness (QED) is 0.621. The molecule has 0 aliphatic heterocycles. The molecule has 0 heterocycles. The van der Waals surface area contributed by atoms with Crippen molar-refractivity contribution in [3.05, 3.63) is 29.8 Å². The smallest absolute Gasteiger partial charge is 0.416 e. The Labute approximate surface area is 156 Å². The number of unbranched alkanes of at least 4 members (excludes halogenated alkanes) is 1. The van der Waals surface area contributed by atoms with E-state index in [0.717, 1.165) is 12.1 Å². The van der Waals surface area contributed by atoms with E-state index in [0.29, 0.717) is 19.4 Å². The van der Waals surface area contributed by atoms with Crippen molar-refractivity contribution in [2.75, 3.05) is 11.9 Å². The maximum atomic E-state index is 12.8. The molecule has 0 fully saturated rings. The third kappa shape index (κ3) is 8.76. The Hall–Kier alpha value is -2.29. The first kappa shape index (κ1) is 22.8. The Morgan fingerprint density at radius 1 is 1.19 bits per heavy atom. The lowest BCUT2D eigenvalue weighted by Gasteiger charge is -2.23. The Morgan fingerprint density at radius 2 is 1.85 bits per heavy atom. The minimum absolute atomic E-state index is 0.00959. The fourth-order valence-corrected chi connectivity index (χ4v) is 2.21. The maximum Gasteiger partial charge on any atom is 0.416 e. The van der Waals surface area contributed by atoms with Gasteiger partial charge in [-0.1, -0.05) is 6.07 Å². The van der Waals surface area contributed by atoms with Crippen molar-refractivity contribution >= 4 is 17.7 Å². The highest BCUT2D eigenvalue weighted by Crippen LogP contribution is 2.30. The summed E-state index contributed by atoms with van der Waals surface area (Å²) in [6, 6.07) is 3.33. The summed E-state index contributed by atoms with van der Waals surface area (Å²) in [5.74, 6) is -0.628. The molecule has 0 aromatic heterocycles. The molecule has 152 valence electrons. The molecule has 6 nitrogen and oxygen atoms in total. The van der Waals surface area contributed by atoms with E-state index in [1.54, 1.807) is 20.8 Å². The second-order valence-corrected chi connectivity index (χ2v) is 7.05. The van der Waals surface area contributed by atoms with Crippen LogP contribution in [0.1, 0.15) is 45.6 Å². The molecular weight excluding hydrogens is 363 g/mol. The highest BCUT2D eigenvalue weighted by Gasteiger charge is 2.31. The topological polar surface area (TPSA) is 93.4 Å². The number of alkyl carbamates (subject to hydrolysis) is 1. The van der Waals surface area contributed by atoms with Crippen LogP contribution in [0.25, 0.3) is 0 Å². The molecule has 0 unspecified atom stereocenters. The van der Waals surface area contributed by atoms with E-state index < -0.39 is 35.4 Å². The molecule has 1 atom stereocenters. The van der Waals surface area contributed by atoms with Gasteiger partial charge in [0.15, 0.2) is 0 Å². The number of rotatable bonds is 7. The predicted octanol–water partition coefficient (Wildman–Crippen LogP) is 3.67. The number of amides is 2. The van der Waals surface area contributed by atoms with Gasteiger partial charge < -0.3 is 21.1 Å². The fourth-order valence-electron chi connectivity index (χ4n) is 2.21. The van der Waals surface area contributed by atoms with Crippen LogP contribution in [0.2, 0.25) is 0 Å². The summed E-state index contributed by atoms with van der Waals surface area (Å²) in [4.78, 5) is 24.4. The minimum Gasteiger partial charge on any atom is -0.444 e. The van der Waals surface area contributed by atoms with E-state index in [9.17, 15) is 22.8 Å². The summed E-state index contributed by atoms with van der Waals surface area (Å²) in [5.41, 5.74) is 3.81. The summed E-state index contributed by atoms with van der Waals surface area (Å²) in [7, 11) is 0. The predicted molar refractivity (Wildman–Crippen MR) is 96.1 cm³/mol. The molecule has 0 aliphatic rings. The zero-order chi connectivity index (χ0) is 20.7. The number of nitrogens with two attached hydrogens (primary N) is 1. The van der Waals surface area contributed by atoms with Gasteiger partial charge in [0.05, 0.1) is 5.56 Å². The first-order valence-electron chi connectivity index (χ1n) is 8.60. The molecule has 0 radical (unpaired) electrons. The van der Waals surface area contributed by atoms with Crippen LogP contribution in [-0.4, -0.2) is 30.2 Å². The van der Waals surface area contributed by atoms with Gasteiger partial charge in [-0.15, -0.1) is 0 Å². The fraction of sp³-hybridized carbons (Fsp3) is 0.556. The van der Waals surface area contributed by atoms with E-state index in [4.69, 9.17) is 10.5 Å². The van der Waals surface area contributed by atoms with Gasteiger partial charge in [0.25, 0.3) is 0 Å². The molecule has 0 spiro atoms. The first-order chi connectivity index (χ1) is 12.4. The summed E-state index contributed by atoms with van der Waals surface area (Å²) >= 11 is 0. The van der Waals surface area contributed by atoms with Crippen molar-refractivity contribution < 1.29 is 27.5 Å². The third-order valence-electron chi connectivity index (χ3n) is 3.41. The average molecular weight is 389 g/mol. The highest BCUT2D eigenvalue weighted by atomic mass is 19.4. The molecule has 4 N–H and O–H groups in total. The number of benzene rings is 1. The van der Waals surface area contributed by atoms with Crippen LogP contribution in [0.4, 0.5) is 23.7 Å². The van der Waals surface area contributed by atoms with Gasteiger partial charge in [0.1, 0.15) is 11.6 Å². The van der Waals surface area contributed by atoms with Crippen molar-refractivity contribution in [3.63, 3.8) is 0 Å². The lowest BCUT2D eigenvalue weighted by molar-refractivity contribution is -0.137. The normalized spacial score (nSPS) is 13.0. The Balaban J connectivity index is 2.85. The molecule has 27 heavy (non-hydrogen) atoms. The van der Waals surface area contributed by atoms with Gasteiger partial charge >= 0.3 is 12.3 Å². The summed E-state index contributed by atoms with van der Waals surface area (Å²) in [5, 5.41) is 4.87. The van der Waals surface area contributed by atoms with Crippen molar-refractivity contribution in [3.8, 4) is 0 Å². The maximum absolute atomic E-state index is 12.8. The van der Waals surface area contributed by atoms with E-state index in [-0.39, 0.29) is 12.1 Å². The van der Waals surface area contributed by atoms with Crippen LogP contribution in [0.15, 0.2) is 24.3 Å². The molecule has 1 aromatic rings. The monoisotopic (exact) mass is 389 g/mol. The third-order valence-corrected chi connectivity index (χ3v) is 3.41. The number of anilines is 1. The summed E-state index contributed by atoms with van der Waals surface area (Å²) in [6.07, 6.45) is -3.81. The van der Waals surface area contributed by atoms with Crippen molar-refractivity contribution in [1.82, 2.24) is 5.32 Å². The van der Waals surface area contributed by atoms with Crippen LogP contribution in [0.3, 0.4) is 0 Å². The van der Waals surface area contributed by atoms with Crippen molar-refractivity contribution in [2.45, 2.75) is 57.9 Å². The Kier molecular flexibility index (Phi) is 8.08. The first-order valence-corrected chi connectivity index (χ1v) is 8.60. The molecule has 0 saturated carbocycles. The number of nitrogens with one attached hydrogen (secondary N) is 2. The van der Waals surface area contributed by atoms with Gasteiger partial charge in [0.2, 0.25) is 5.91 Å². The minimum atomic E-state index is -4.52. The van der Waals surface area contributed by atoms with Crippen molar-refractivity contribution in [1.29, 1.82) is 0 Å². The van der Waals surface area contributed by atoms with Gasteiger partial charge in [-0.2, -0.15) is 13.2 Å². The standard InChI is InChI=1S/C18H26F3N3O3/c1-17(2,3)27-16(26)24-14(9-4-5-10-22)15(25)23-13-8-6-7-12(11-13)18(19,20)21/h6-8,11,14H,4-5,9-10,22H2,1-3H3,(H,23,25)(H,24,26)/t14-/m0/s1. The van der Waals surface area contributed by atoms with Gasteiger partial charge in [0, 0.05) is 5.69 Å². The van der Waals surface area contributed by atoms with Crippen LogP contribution >= 0.6 is 0 Å². The average Bonchev–Trinajstić information content (AvgIpc) is 2.51. The van der Waals surface area contributed by atoms with Gasteiger partial charge in [-0.3, -0.25) is 4.79 Å². The van der Waals surface area contributed by atoms with Crippen LogP contribution < -0.4 is 16.4 Å².